The van der Waals surface area contributed by atoms with Gasteiger partial charge in [0.25, 0.3) is 0 Å². The Labute approximate surface area is 280 Å². The number of hydrogen-bond donors (Lipinski definition) is 3. The Balaban J connectivity index is 1.38. The summed E-state index contributed by atoms with van der Waals surface area (Å²) in [6.07, 6.45) is 6.08. The summed E-state index contributed by atoms with van der Waals surface area (Å²) < 4.78 is 5.48. The first-order valence-electron chi connectivity index (χ1n) is 17.2. The monoisotopic (exact) mass is 647 g/mol. The summed E-state index contributed by atoms with van der Waals surface area (Å²) in [5, 5.41) is 8.77. The van der Waals surface area contributed by atoms with Gasteiger partial charge < -0.3 is 25.6 Å². The predicted molar refractivity (Wildman–Crippen MR) is 184 cm³/mol. The molecule has 1 aliphatic carbocycles. The van der Waals surface area contributed by atoms with Crippen molar-refractivity contribution in [2.45, 2.75) is 103 Å². The van der Waals surface area contributed by atoms with E-state index in [0.717, 1.165) is 63.7 Å². The molecule has 1 saturated carbocycles. The largest absolute Gasteiger partial charge is 0.444 e. The molecule has 2 atom stereocenters. The number of benzene rings is 2. The summed E-state index contributed by atoms with van der Waals surface area (Å²) in [5.41, 5.74) is 2.04. The Morgan fingerprint density at radius 2 is 1.47 bits per heavy atom. The fourth-order valence-electron chi connectivity index (χ4n) is 6.34. The van der Waals surface area contributed by atoms with Gasteiger partial charge in [0, 0.05) is 51.3 Å². The van der Waals surface area contributed by atoms with Gasteiger partial charge >= 0.3 is 6.09 Å². The van der Waals surface area contributed by atoms with Gasteiger partial charge in [-0.15, -0.1) is 0 Å². The second kappa shape index (κ2) is 17.3. The van der Waals surface area contributed by atoms with E-state index in [-0.39, 0.29) is 23.6 Å². The SMILES string of the molecule is CCC(=O)N[C@H](Cc1ccc(NC(=O)[C@@H](NC(=O)OC(C)(C)C)C2CCCCCC2)cc1)C(=O)N1CCN(Cc2ccccc2)CC1. The van der Waals surface area contributed by atoms with E-state index in [2.05, 4.69) is 33.0 Å². The highest BCUT2D eigenvalue weighted by atomic mass is 16.6. The van der Waals surface area contributed by atoms with Crippen LogP contribution >= 0.6 is 0 Å². The lowest BCUT2D eigenvalue weighted by Crippen LogP contribution is -2.55. The molecule has 256 valence electrons. The summed E-state index contributed by atoms with van der Waals surface area (Å²) >= 11 is 0. The maximum absolute atomic E-state index is 13.6. The van der Waals surface area contributed by atoms with Crippen molar-refractivity contribution >= 4 is 29.5 Å². The van der Waals surface area contributed by atoms with Crippen molar-refractivity contribution in [2.75, 3.05) is 31.5 Å². The van der Waals surface area contributed by atoms with Crippen molar-refractivity contribution < 1.29 is 23.9 Å². The molecule has 4 rings (SSSR count). The van der Waals surface area contributed by atoms with Crippen molar-refractivity contribution in [3.63, 3.8) is 0 Å². The third-order valence-corrected chi connectivity index (χ3v) is 8.87. The average molecular weight is 648 g/mol. The average Bonchev–Trinajstić information content (AvgIpc) is 3.33. The third-order valence-electron chi connectivity index (χ3n) is 8.87. The highest BCUT2D eigenvalue weighted by Crippen LogP contribution is 2.27. The van der Waals surface area contributed by atoms with Crippen LogP contribution in [0.5, 0.6) is 0 Å². The zero-order valence-corrected chi connectivity index (χ0v) is 28.6. The van der Waals surface area contributed by atoms with Gasteiger partial charge in [-0.2, -0.15) is 0 Å². The summed E-state index contributed by atoms with van der Waals surface area (Å²) in [6.45, 7) is 10.8. The van der Waals surface area contributed by atoms with Crippen molar-refractivity contribution in [3.8, 4) is 0 Å². The molecule has 1 aliphatic heterocycles. The van der Waals surface area contributed by atoms with Gasteiger partial charge in [-0.3, -0.25) is 19.3 Å². The molecule has 47 heavy (non-hydrogen) atoms. The maximum atomic E-state index is 13.6. The van der Waals surface area contributed by atoms with Crippen LogP contribution in [0.4, 0.5) is 10.5 Å². The second-order valence-corrected chi connectivity index (χ2v) is 13.8. The summed E-state index contributed by atoms with van der Waals surface area (Å²) in [7, 11) is 0. The van der Waals surface area contributed by atoms with Gasteiger partial charge in [-0.05, 0) is 62.8 Å². The van der Waals surface area contributed by atoms with Crippen LogP contribution in [0, 0.1) is 5.92 Å². The van der Waals surface area contributed by atoms with Crippen LogP contribution in [0.15, 0.2) is 54.6 Å². The number of hydrogen-bond acceptors (Lipinski definition) is 6. The molecule has 0 unspecified atom stereocenters. The van der Waals surface area contributed by atoms with E-state index < -0.39 is 23.8 Å². The number of carbonyl (C=O) groups excluding carboxylic acids is 4. The molecule has 3 N–H and O–H groups in total. The fourth-order valence-corrected chi connectivity index (χ4v) is 6.34. The standard InChI is InChI=1S/C37H53N5O5/c1-5-32(43)39-31(35(45)42-23-21-41(22-24-42)26-28-13-9-8-10-14-28)25-27-17-19-30(20-18-27)38-34(44)33(29-15-11-6-7-12-16-29)40-36(46)47-37(2,3)4/h8-10,13-14,17-20,29,31,33H,5-7,11-12,15-16,21-26H2,1-4H3,(H,38,44)(H,39,43)(H,40,46)/t31-,33+/m1/s1. The van der Waals surface area contributed by atoms with Crippen LogP contribution in [0.1, 0.15) is 83.8 Å². The fraction of sp³-hybridized carbons (Fsp3) is 0.568. The Morgan fingerprint density at radius 3 is 2.06 bits per heavy atom. The summed E-state index contributed by atoms with van der Waals surface area (Å²) in [4.78, 5) is 56.5. The Hall–Kier alpha value is -3.92. The minimum absolute atomic E-state index is 0.0263. The van der Waals surface area contributed by atoms with Crippen molar-refractivity contribution in [2.24, 2.45) is 5.92 Å². The van der Waals surface area contributed by atoms with E-state index in [0.29, 0.717) is 31.6 Å². The smallest absolute Gasteiger partial charge is 0.408 e. The lowest BCUT2D eigenvalue weighted by Gasteiger charge is -2.36. The molecule has 2 aromatic rings. The van der Waals surface area contributed by atoms with Crippen LogP contribution in [0.2, 0.25) is 0 Å². The molecule has 2 fully saturated rings. The molecule has 2 aromatic carbocycles. The van der Waals surface area contributed by atoms with Gasteiger partial charge in [0.15, 0.2) is 0 Å². The Morgan fingerprint density at radius 1 is 0.830 bits per heavy atom. The second-order valence-electron chi connectivity index (χ2n) is 13.8. The minimum atomic E-state index is -0.706. The molecule has 0 radical (unpaired) electrons. The number of amides is 4. The first-order valence-corrected chi connectivity index (χ1v) is 17.2. The van der Waals surface area contributed by atoms with Crippen LogP contribution in [0.3, 0.4) is 0 Å². The van der Waals surface area contributed by atoms with Gasteiger partial charge in [-0.25, -0.2) is 4.79 Å². The van der Waals surface area contributed by atoms with Crippen LogP contribution < -0.4 is 16.0 Å². The predicted octanol–water partition coefficient (Wildman–Crippen LogP) is 5.27. The zero-order chi connectivity index (χ0) is 33.8. The minimum Gasteiger partial charge on any atom is -0.444 e. The van der Waals surface area contributed by atoms with Crippen LogP contribution in [-0.2, 0) is 32.1 Å². The number of alkyl carbamates (subject to hydrolysis) is 1. The van der Waals surface area contributed by atoms with Crippen molar-refractivity contribution in [1.29, 1.82) is 0 Å². The first-order chi connectivity index (χ1) is 22.5. The highest BCUT2D eigenvalue weighted by molar-refractivity contribution is 5.97. The molecular weight excluding hydrogens is 594 g/mol. The van der Waals surface area contributed by atoms with E-state index in [9.17, 15) is 19.2 Å². The summed E-state index contributed by atoms with van der Waals surface area (Å²) in [5.74, 6) is -0.497. The lowest BCUT2D eigenvalue weighted by molar-refractivity contribution is -0.138. The summed E-state index contributed by atoms with van der Waals surface area (Å²) in [6, 6.07) is 16.3. The van der Waals surface area contributed by atoms with E-state index in [1.165, 1.54) is 5.56 Å². The molecule has 10 nitrogen and oxygen atoms in total. The number of carbonyl (C=O) groups is 4. The molecule has 4 amide bonds. The highest BCUT2D eigenvalue weighted by Gasteiger charge is 2.32. The molecule has 2 aliphatic rings. The van der Waals surface area contributed by atoms with Gasteiger partial charge in [0.1, 0.15) is 17.7 Å². The van der Waals surface area contributed by atoms with Gasteiger partial charge in [-0.1, -0.05) is 75.1 Å². The van der Waals surface area contributed by atoms with Crippen molar-refractivity contribution in [1.82, 2.24) is 20.4 Å². The Kier molecular flexibility index (Phi) is 13.2. The first kappa shape index (κ1) is 35.9. The molecule has 10 heteroatoms. The number of ether oxygens (including phenoxy) is 1. The molecule has 1 heterocycles. The van der Waals surface area contributed by atoms with E-state index in [1.54, 1.807) is 39.8 Å². The molecule has 0 bridgehead atoms. The van der Waals surface area contributed by atoms with Crippen LogP contribution in [0.25, 0.3) is 0 Å². The van der Waals surface area contributed by atoms with E-state index >= 15 is 0 Å². The molecule has 0 aromatic heterocycles. The normalized spacial score (nSPS) is 17.6. The number of nitrogens with one attached hydrogen (secondary N) is 3. The topological polar surface area (TPSA) is 120 Å². The number of rotatable bonds is 11. The zero-order valence-electron chi connectivity index (χ0n) is 28.6. The third kappa shape index (κ3) is 11.7. The van der Waals surface area contributed by atoms with Gasteiger partial charge in [0.2, 0.25) is 17.7 Å². The maximum Gasteiger partial charge on any atom is 0.408 e. The Bertz CT molecular complexity index is 1310. The molecular formula is C37H53N5O5. The molecule has 1 saturated heterocycles. The molecule has 0 spiro atoms. The van der Waals surface area contributed by atoms with E-state index in [4.69, 9.17) is 4.74 Å². The lowest BCUT2D eigenvalue weighted by atomic mass is 9.91. The number of nitrogens with zero attached hydrogens (tertiary/aromatic N) is 2. The van der Waals surface area contributed by atoms with Gasteiger partial charge in [0.05, 0.1) is 0 Å². The van der Waals surface area contributed by atoms with Crippen molar-refractivity contribution in [3.05, 3.63) is 65.7 Å². The quantitative estimate of drug-likeness (QED) is 0.286. The van der Waals surface area contributed by atoms with E-state index in [1.807, 2.05) is 35.2 Å². The van der Waals surface area contributed by atoms with Crippen LogP contribution in [-0.4, -0.2) is 77.5 Å². The number of anilines is 1. The number of piperazine rings is 1.